The molecule has 1 heterocycles. The summed E-state index contributed by atoms with van der Waals surface area (Å²) in [6.45, 7) is 3.76. The molecule has 1 aromatic rings. The minimum absolute atomic E-state index is 0.0153. The molecule has 4 nitrogen and oxygen atoms in total. The van der Waals surface area contributed by atoms with Gasteiger partial charge in [-0.3, -0.25) is 4.79 Å². The molecule has 1 aromatic heterocycles. The van der Waals surface area contributed by atoms with Crippen molar-refractivity contribution < 1.29 is 18.9 Å². The molecule has 0 unspecified atom stereocenters. The number of carbonyl (C=O) groups excluding carboxylic acids is 2. The van der Waals surface area contributed by atoms with E-state index >= 15 is 0 Å². The van der Waals surface area contributed by atoms with Crippen LogP contribution < -0.4 is 4.57 Å². The van der Waals surface area contributed by atoms with Gasteiger partial charge in [-0.2, -0.15) is 4.57 Å². The lowest BCUT2D eigenvalue weighted by Crippen LogP contribution is -2.39. The molecule has 0 saturated carbocycles. The lowest BCUT2D eigenvalue weighted by Gasteiger charge is -2.02. The fourth-order valence-corrected chi connectivity index (χ4v) is 1.84. The van der Waals surface area contributed by atoms with Crippen LogP contribution in [0.5, 0.6) is 0 Å². The summed E-state index contributed by atoms with van der Waals surface area (Å²) >= 11 is 1.53. The van der Waals surface area contributed by atoms with Crippen molar-refractivity contribution in [3.8, 4) is 0 Å². The van der Waals surface area contributed by atoms with Gasteiger partial charge >= 0.3 is 5.97 Å². The maximum Gasteiger partial charge on any atom is 0.372 e. The molecule has 0 spiro atoms. The van der Waals surface area contributed by atoms with Crippen LogP contribution in [0.2, 0.25) is 0 Å². The van der Waals surface area contributed by atoms with Crippen LogP contribution in [-0.4, -0.2) is 24.6 Å². The number of hydrogen-bond donors (Lipinski definition) is 0. The van der Waals surface area contributed by atoms with Crippen molar-refractivity contribution in [2.24, 2.45) is 0 Å². The average molecular weight is 254 g/mol. The number of hydrogen-bond acceptors (Lipinski definition) is 4. The number of rotatable bonds is 5. The first-order valence-corrected chi connectivity index (χ1v) is 6.54. The molecule has 0 aliphatic heterocycles. The molecule has 0 aliphatic carbocycles. The zero-order chi connectivity index (χ0) is 12.8. The molecule has 92 valence electrons. The molecule has 0 bridgehead atoms. The monoisotopic (exact) mass is 254 g/mol. The van der Waals surface area contributed by atoms with Crippen molar-refractivity contribution in [3.05, 3.63) is 24.0 Å². The molecule has 17 heavy (non-hydrogen) atoms. The van der Waals surface area contributed by atoms with Crippen molar-refractivity contribution in [2.45, 2.75) is 25.3 Å². The third-order valence-corrected chi connectivity index (χ3v) is 2.85. The topological polar surface area (TPSA) is 47.2 Å². The standard InChI is InChI=1S/C12H16NO3S/c1-4-16-12(15)8-13-6-10(9(2)14)5-11(7-13)17-3/h5-7H,4,8H2,1-3H3/q+1. The van der Waals surface area contributed by atoms with Gasteiger partial charge < -0.3 is 4.74 Å². The van der Waals surface area contributed by atoms with E-state index in [1.807, 2.05) is 18.5 Å². The summed E-state index contributed by atoms with van der Waals surface area (Å²) in [6, 6.07) is 1.81. The van der Waals surface area contributed by atoms with Gasteiger partial charge in [0.25, 0.3) is 0 Å². The number of ketones is 1. The quantitative estimate of drug-likeness (QED) is 0.345. The van der Waals surface area contributed by atoms with Gasteiger partial charge in [0, 0.05) is 0 Å². The van der Waals surface area contributed by atoms with Crippen LogP contribution >= 0.6 is 11.8 Å². The molecular weight excluding hydrogens is 238 g/mol. The van der Waals surface area contributed by atoms with Gasteiger partial charge in [0.2, 0.25) is 6.54 Å². The van der Waals surface area contributed by atoms with Crippen LogP contribution in [0.3, 0.4) is 0 Å². The molecule has 0 fully saturated rings. The molecule has 0 amide bonds. The first kappa shape index (κ1) is 13.7. The van der Waals surface area contributed by atoms with E-state index in [2.05, 4.69) is 0 Å². The van der Waals surface area contributed by atoms with E-state index in [1.54, 1.807) is 17.7 Å². The fourth-order valence-electron chi connectivity index (χ4n) is 1.36. The van der Waals surface area contributed by atoms with E-state index in [-0.39, 0.29) is 18.3 Å². The Morgan fingerprint density at radius 1 is 1.41 bits per heavy atom. The van der Waals surface area contributed by atoms with Gasteiger partial charge in [0.05, 0.1) is 17.1 Å². The molecule has 0 radical (unpaired) electrons. The third kappa shape index (κ3) is 4.19. The molecule has 0 aromatic carbocycles. The minimum atomic E-state index is -0.301. The van der Waals surface area contributed by atoms with E-state index in [1.165, 1.54) is 18.7 Å². The Morgan fingerprint density at radius 3 is 2.65 bits per heavy atom. The third-order valence-electron chi connectivity index (χ3n) is 2.15. The molecular formula is C12H16NO3S+. The van der Waals surface area contributed by atoms with E-state index in [0.29, 0.717) is 12.2 Å². The summed E-state index contributed by atoms with van der Waals surface area (Å²) in [5, 5.41) is 0. The number of aromatic nitrogens is 1. The highest BCUT2D eigenvalue weighted by atomic mass is 32.2. The number of carbonyl (C=O) groups is 2. The second-order valence-corrected chi connectivity index (χ2v) is 4.38. The summed E-state index contributed by atoms with van der Waals surface area (Å²) in [6.07, 6.45) is 5.42. The summed E-state index contributed by atoms with van der Waals surface area (Å²) < 4.78 is 6.55. The van der Waals surface area contributed by atoms with Gasteiger partial charge in [-0.15, -0.1) is 11.8 Å². The number of thioether (sulfide) groups is 1. The normalized spacial score (nSPS) is 10.1. The molecule has 0 atom stereocenters. The average Bonchev–Trinajstić information content (AvgIpc) is 2.28. The fraction of sp³-hybridized carbons (Fsp3) is 0.417. The lowest BCUT2D eigenvalue weighted by molar-refractivity contribution is -0.687. The number of ether oxygens (including phenoxy) is 1. The largest absolute Gasteiger partial charge is 0.461 e. The minimum Gasteiger partial charge on any atom is -0.461 e. The van der Waals surface area contributed by atoms with Gasteiger partial charge in [-0.25, -0.2) is 4.79 Å². The van der Waals surface area contributed by atoms with Gasteiger partial charge in [-0.1, -0.05) is 0 Å². The van der Waals surface area contributed by atoms with Crippen LogP contribution in [-0.2, 0) is 16.1 Å². The zero-order valence-electron chi connectivity index (χ0n) is 10.2. The first-order chi connectivity index (χ1) is 8.06. The van der Waals surface area contributed by atoms with E-state index < -0.39 is 0 Å². The van der Waals surface area contributed by atoms with E-state index in [4.69, 9.17) is 4.74 Å². The highest BCUT2D eigenvalue weighted by Gasteiger charge is 2.14. The van der Waals surface area contributed by atoms with Crippen LogP contribution in [0.4, 0.5) is 0 Å². The Kier molecular flexibility index (Phi) is 5.15. The number of Topliss-reactive ketones (excluding diaryl/α,β-unsaturated/α-hetero) is 1. The van der Waals surface area contributed by atoms with Crippen LogP contribution in [0.15, 0.2) is 23.4 Å². The zero-order valence-corrected chi connectivity index (χ0v) is 11.0. The Morgan fingerprint density at radius 2 is 2.12 bits per heavy atom. The second-order valence-electron chi connectivity index (χ2n) is 3.50. The SMILES string of the molecule is CCOC(=O)C[n+]1cc(SC)cc(C(C)=O)c1. The highest BCUT2D eigenvalue weighted by molar-refractivity contribution is 7.98. The Balaban J connectivity index is 2.94. The number of nitrogens with zero attached hydrogens (tertiary/aromatic N) is 1. The summed E-state index contributed by atoms with van der Waals surface area (Å²) in [4.78, 5) is 23.6. The van der Waals surface area contributed by atoms with Gasteiger partial charge in [0.1, 0.15) is 0 Å². The van der Waals surface area contributed by atoms with Crippen LogP contribution in [0.1, 0.15) is 24.2 Å². The van der Waals surface area contributed by atoms with Gasteiger partial charge in [-0.05, 0) is 26.2 Å². The van der Waals surface area contributed by atoms with Gasteiger partial charge in [0.15, 0.2) is 18.2 Å². The van der Waals surface area contributed by atoms with Crippen molar-refractivity contribution in [1.82, 2.24) is 0 Å². The van der Waals surface area contributed by atoms with Crippen molar-refractivity contribution >= 4 is 23.5 Å². The first-order valence-electron chi connectivity index (χ1n) is 5.31. The van der Waals surface area contributed by atoms with Crippen molar-refractivity contribution in [1.29, 1.82) is 0 Å². The molecule has 0 N–H and O–H groups in total. The molecule has 0 aliphatic rings. The maximum absolute atomic E-state index is 11.4. The van der Waals surface area contributed by atoms with Crippen LogP contribution in [0, 0.1) is 0 Å². The predicted octanol–water partition coefficient (Wildman–Crippen LogP) is 1.46. The highest BCUT2D eigenvalue weighted by Crippen LogP contribution is 2.13. The van der Waals surface area contributed by atoms with E-state index in [9.17, 15) is 9.59 Å². The second kappa shape index (κ2) is 6.39. The summed E-state index contributed by atoms with van der Waals surface area (Å²) in [5.41, 5.74) is 0.598. The molecule has 1 rings (SSSR count). The van der Waals surface area contributed by atoms with Crippen LogP contribution in [0.25, 0.3) is 0 Å². The van der Waals surface area contributed by atoms with Crippen molar-refractivity contribution in [3.63, 3.8) is 0 Å². The smallest absolute Gasteiger partial charge is 0.372 e. The lowest BCUT2D eigenvalue weighted by atomic mass is 10.2. The molecule has 5 heteroatoms. The summed E-state index contributed by atoms with van der Waals surface area (Å²) in [7, 11) is 0. The number of pyridine rings is 1. The maximum atomic E-state index is 11.4. The number of esters is 1. The summed E-state index contributed by atoms with van der Waals surface area (Å²) in [5.74, 6) is -0.316. The Bertz CT molecular complexity index is 432. The Labute approximate surface area is 105 Å². The molecule has 0 saturated heterocycles. The van der Waals surface area contributed by atoms with E-state index in [0.717, 1.165) is 4.90 Å². The predicted molar refractivity (Wildman–Crippen MR) is 65.1 cm³/mol. The Hall–Kier alpha value is -1.36. The van der Waals surface area contributed by atoms with Crippen molar-refractivity contribution in [2.75, 3.05) is 12.9 Å².